The monoisotopic (exact) mass is 405 g/mol. The van der Waals surface area contributed by atoms with Crippen LogP contribution in [-0.4, -0.2) is 32.6 Å². The lowest BCUT2D eigenvalue weighted by atomic mass is 10.1. The molecule has 0 saturated heterocycles. The summed E-state index contributed by atoms with van der Waals surface area (Å²) in [5.74, 6) is -0.271. The predicted octanol–water partition coefficient (Wildman–Crippen LogP) is 4.11. The topological polar surface area (TPSA) is 105 Å². The molecule has 0 bridgehead atoms. The second-order valence-corrected chi connectivity index (χ2v) is 7.92. The Kier molecular flexibility index (Phi) is 3.92. The van der Waals surface area contributed by atoms with Crippen LogP contribution in [0.2, 0.25) is 0 Å². The van der Waals surface area contributed by atoms with Gasteiger partial charge in [-0.05, 0) is 37.1 Å². The third-order valence-corrected chi connectivity index (χ3v) is 5.87. The van der Waals surface area contributed by atoms with E-state index in [0.29, 0.717) is 17.4 Å². The van der Waals surface area contributed by atoms with E-state index >= 15 is 0 Å². The number of nitrogens with one attached hydrogen (secondary N) is 1. The van der Waals surface area contributed by atoms with E-state index in [1.54, 1.807) is 22.3 Å². The van der Waals surface area contributed by atoms with Crippen LogP contribution in [0.25, 0.3) is 22.2 Å². The van der Waals surface area contributed by atoms with Crippen molar-refractivity contribution in [2.45, 2.75) is 13.3 Å². The molecular formula is C20H15N5O3S. The number of rotatable bonds is 3. The van der Waals surface area contributed by atoms with Crippen LogP contribution in [0.15, 0.2) is 41.8 Å². The number of amides is 1. The number of H-pyrrole nitrogens is 1. The van der Waals surface area contributed by atoms with Crippen LogP contribution in [0.3, 0.4) is 0 Å². The molecule has 0 radical (unpaired) electrons. The predicted molar refractivity (Wildman–Crippen MR) is 110 cm³/mol. The van der Waals surface area contributed by atoms with Gasteiger partial charge in [0.1, 0.15) is 0 Å². The number of nitrogens with zero attached hydrogens (tertiary/aromatic N) is 4. The smallest absolute Gasteiger partial charge is 0.279 e. The van der Waals surface area contributed by atoms with Gasteiger partial charge in [0, 0.05) is 40.7 Å². The van der Waals surface area contributed by atoms with E-state index in [4.69, 9.17) is 0 Å². The summed E-state index contributed by atoms with van der Waals surface area (Å²) in [6.45, 7) is 2.51. The average molecular weight is 405 g/mol. The number of carbonyl (C=O) groups excluding carboxylic acids is 1. The molecule has 1 aliphatic rings. The summed E-state index contributed by atoms with van der Waals surface area (Å²) in [7, 11) is 0. The number of anilines is 1. The maximum atomic E-state index is 13.2. The van der Waals surface area contributed by atoms with Gasteiger partial charge in [0.25, 0.3) is 11.6 Å². The van der Waals surface area contributed by atoms with Crippen molar-refractivity contribution in [1.82, 2.24) is 15.2 Å². The molecule has 4 aromatic rings. The van der Waals surface area contributed by atoms with E-state index in [9.17, 15) is 14.9 Å². The van der Waals surface area contributed by atoms with Crippen molar-refractivity contribution >= 4 is 39.5 Å². The van der Waals surface area contributed by atoms with Crippen LogP contribution in [0, 0.1) is 17.0 Å². The van der Waals surface area contributed by atoms with Gasteiger partial charge in [-0.1, -0.05) is 6.07 Å². The fraction of sp³-hybridized carbons (Fsp3) is 0.150. The molecule has 9 heteroatoms. The zero-order chi connectivity index (χ0) is 20.1. The molecule has 29 heavy (non-hydrogen) atoms. The molecule has 1 N–H and O–H groups in total. The second kappa shape index (κ2) is 6.49. The molecule has 0 unspecified atom stereocenters. The summed E-state index contributed by atoms with van der Waals surface area (Å²) < 4.78 is 0. The van der Waals surface area contributed by atoms with Crippen LogP contribution >= 0.6 is 11.3 Å². The van der Waals surface area contributed by atoms with Crippen LogP contribution < -0.4 is 4.90 Å². The van der Waals surface area contributed by atoms with E-state index < -0.39 is 4.92 Å². The van der Waals surface area contributed by atoms with Crippen molar-refractivity contribution in [3.8, 4) is 11.3 Å². The standard InChI is InChI=1S/C20H15N5O3S/c1-11-21-17(10-29-11)12-2-5-18-13(8-12)6-7-24(18)20(26)19-15-9-14(25(27)28)3-4-16(15)22-23-19/h2-5,8-10H,6-7H2,1H3,(H,22,23). The number of hydrogen-bond donors (Lipinski definition) is 1. The lowest BCUT2D eigenvalue weighted by Crippen LogP contribution is -2.29. The first-order valence-corrected chi connectivity index (χ1v) is 9.89. The van der Waals surface area contributed by atoms with Crippen molar-refractivity contribution in [1.29, 1.82) is 0 Å². The van der Waals surface area contributed by atoms with Crippen molar-refractivity contribution in [2.75, 3.05) is 11.4 Å². The molecule has 8 nitrogen and oxygen atoms in total. The van der Waals surface area contributed by atoms with E-state index in [1.807, 2.05) is 24.4 Å². The van der Waals surface area contributed by atoms with Gasteiger partial charge in [-0.15, -0.1) is 11.3 Å². The minimum absolute atomic E-state index is 0.0713. The largest absolute Gasteiger partial charge is 0.306 e. The first kappa shape index (κ1) is 17.5. The first-order valence-electron chi connectivity index (χ1n) is 9.01. The van der Waals surface area contributed by atoms with Crippen molar-refractivity contribution in [3.63, 3.8) is 0 Å². The highest BCUT2D eigenvalue weighted by Crippen LogP contribution is 2.34. The Morgan fingerprint density at radius 2 is 2.14 bits per heavy atom. The van der Waals surface area contributed by atoms with Crippen molar-refractivity contribution < 1.29 is 9.72 Å². The fourth-order valence-corrected chi connectivity index (χ4v) is 4.30. The molecular weight excluding hydrogens is 390 g/mol. The quantitative estimate of drug-likeness (QED) is 0.408. The maximum absolute atomic E-state index is 13.2. The van der Waals surface area contributed by atoms with Gasteiger partial charge in [-0.25, -0.2) is 4.98 Å². The van der Waals surface area contributed by atoms with Gasteiger partial charge >= 0.3 is 0 Å². The summed E-state index contributed by atoms with van der Waals surface area (Å²) in [6, 6.07) is 10.3. The number of carbonyl (C=O) groups is 1. The van der Waals surface area contributed by atoms with Crippen LogP contribution in [0.5, 0.6) is 0 Å². The summed E-state index contributed by atoms with van der Waals surface area (Å²) in [5, 5.41) is 21.5. The molecule has 144 valence electrons. The summed E-state index contributed by atoms with van der Waals surface area (Å²) >= 11 is 1.61. The van der Waals surface area contributed by atoms with Gasteiger partial charge in [0.05, 0.1) is 21.1 Å². The number of aryl methyl sites for hydroxylation is 1. The Labute approximate surface area is 169 Å². The number of non-ortho nitro benzene ring substituents is 1. The minimum Gasteiger partial charge on any atom is -0.306 e. The molecule has 1 aliphatic heterocycles. The Hall–Kier alpha value is -3.59. The number of nitro benzene ring substituents is 1. The van der Waals surface area contributed by atoms with Crippen LogP contribution in [0.4, 0.5) is 11.4 Å². The number of aromatic amines is 1. The molecule has 2 aromatic carbocycles. The van der Waals surface area contributed by atoms with Crippen LogP contribution in [0.1, 0.15) is 21.1 Å². The molecule has 3 heterocycles. The zero-order valence-electron chi connectivity index (χ0n) is 15.4. The molecule has 0 spiro atoms. The zero-order valence-corrected chi connectivity index (χ0v) is 16.2. The molecule has 0 aliphatic carbocycles. The fourth-order valence-electron chi connectivity index (χ4n) is 3.67. The van der Waals surface area contributed by atoms with Crippen LogP contribution in [-0.2, 0) is 6.42 Å². The molecule has 1 amide bonds. The average Bonchev–Trinajstić information content (AvgIpc) is 3.44. The number of fused-ring (bicyclic) bond motifs is 2. The molecule has 0 saturated carbocycles. The number of hydrogen-bond acceptors (Lipinski definition) is 6. The summed E-state index contributed by atoms with van der Waals surface area (Å²) in [5.41, 5.74) is 4.59. The second-order valence-electron chi connectivity index (χ2n) is 6.86. The minimum atomic E-state index is -0.479. The highest BCUT2D eigenvalue weighted by Gasteiger charge is 2.29. The number of aromatic nitrogens is 3. The van der Waals surface area contributed by atoms with E-state index in [1.165, 1.54) is 12.1 Å². The highest BCUT2D eigenvalue weighted by molar-refractivity contribution is 7.09. The Morgan fingerprint density at radius 3 is 2.90 bits per heavy atom. The third kappa shape index (κ3) is 2.87. The molecule has 0 atom stereocenters. The van der Waals surface area contributed by atoms with Crippen molar-refractivity contribution in [2.24, 2.45) is 0 Å². The lowest BCUT2D eigenvalue weighted by Gasteiger charge is -2.16. The Balaban J connectivity index is 1.51. The third-order valence-electron chi connectivity index (χ3n) is 5.09. The highest BCUT2D eigenvalue weighted by atomic mass is 32.1. The van der Waals surface area contributed by atoms with Gasteiger partial charge < -0.3 is 4.90 Å². The van der Waals surface area contributed by atoms with Crippen molar-refractivity contribution in [3.05, 3.63) is 68.2 Å². The van der Waals surface area contributed by atoms with Gasteiger partial charge in [-0.3, -0.25) is 20.0 Å². The lowest BCUT2D eigenvalue weighted by molar-refractivity contribution is -0.384. The Morgan fingerprint density at radius 1 is 1.28 bits per heavy atom. The van der Waals surface area contributed by atoms with E-state index in [-0.39, 0.29) is 17.3 Å². The molecule has 5 rings (SSSR count). The van der Waals surface area contributed by atoms with Gasteiger partial charge in [0.2, 0.25) is 0 Å². The SMILES string of the molecule is Cc1nc(-c2ccc3c(c2)CCN3C(=O)c2n[nH]c3ccc([N+](=O)[O-])cc23)cs1. The number of nitro groups is 1. The summed E-state index contributed by atoms with van der Waals surface area (Å²) in [4.78, 5) is 30.0. The van der Waals surface area contributed by atoms with Gasteiger partial charge in [0.15, 0.2) is 5.69 Å². The molecule has 0 fully saturated rings. The number of thiazole rings is 1. The summed E-state index contributed by atoms with van der Waals surface area (Å²) in [6.07, 6.45) is 0.737. The maximum Gasteiger partial charge on any atom is 0.279 e. The molecule has 2 aromatic heterocycles. The first-order chi connectivity index (χ1) is 14.0. The van der Waals surface area contributed by atoms with E-state index in [2.05, 4.69) is 21.2 Å². The number of benzene rings is 2. The van der Waals surface area contributed by atoms with E-state index in [0.717, 1.165) is 33.9 Å². The van der Waals surface area contributed by atoms with Gasteiger partial charge in [-0.2, -0.15) is 5.10 Å². The normalized spacial score (nSPS) is 13.1. The Bertz CT molecular complexity index is 1290.